The van der Waals surface area contributed by atoms with Crippen LogP contribution >= 0.6 is 23.4 Å². The largest absolute Gasteiger partial charge is 0.352 e. The van der Waals surface area contributed by atoms with Crippen molar-refractivity contribution in [3.63, 3.8) is 0 Å². The lowest BCUT2D eigenvalue weighted by Gasteiger charge is -2.11. The predicted octanol–water partition coefficient (Wildman–Crippen LogP) is 2.02. The van der Waals surface area contributed by atoms with E-state index in [-0.39, 0.29) is 11.8 Å². The monoisotopic (exact) mass is 221 g/mol. The Labute approximate surface area is 88.8 Å². The average molecular weight is 222 g/mol. The van der Waals surface area contributed by atoms with Gasteiger partial charge < -0.3 is 5.32 Å². The summed E-state index contributed by atoms with van der Waals surface area (Å²) in [6.45, 7) is 2.18. The molecule has 1 fully saturated rings. The second kappa shape index (κ2) is 5.76. The zero-order valence-electron chi connectivity index (χ0n) is 7.88. The maximum atomic E-state index is 11.0. The summed E-state index contributed by atoms with van der Waals surface area (Å²) < 4.78 is 0. The van der Waals surface area contributed by atoms with Crippen LogP contribution in [-0.2, 0) is 4.79 Å². The summed E-state index contributed by atoms with van der Waals surface area (Å²) in [5, 5.41) is 3.67. The van der Waals surface area contributed by atoms with E-state index in [0.29, 0.717) is 6.04 Å². The van der Waals surface area contributed by atoms with E-state index in [4.69, 9.17) is 11.6 Å². The van der Waals surface area contributed by atoms with Crippen molar-refractivity contribution in [3.8, 4) is 0 Å². The number of carbonyl (C=O) groups excluding carboxylic acids is 1. The number of alkyl halides is 1. The van der Waals surface area contributed by atoms with E-state index in [2.05, 4.69) is 12.2 Å². The van der Waals surface area contributed by atoms with Crippen molar-refractivity contribution in [3.05, 3.63) is 0 Å². The standard InChI is InChI=1S/C9H16ClNOS/c1-2-13-8-4-3-7(5-8)11-9(12)6-10/h7-8H,2-6H2,1H3,(H,11,12). The number of halogens is 1. The minimum absolute atomic E-state index is 0.0335. The van der Waals surface area contributed by atoms with Crippen molar-refractivity contribution < 1.29 is 4.79 Å². The Balaban J connectivity index is 2.20. The fourth-order valence-electron chi connectivity index (χ4n) is 1.72. The van der Waals surface area contributed by atoms with Gasteiger partial charge in [0.25, 0.3) is 0 Å². The minimum atomic E-state index is -0.0335. The van der Waals surface area contributed by atoms with E-state index in [1.807, 2.05) is 11.8 Å². The van der Waals surface area contributed by atoms with Crippen molar-refractivity contribution >= 4 is 29.3 Å². The molecule has 1 aliphatic carbocycles. The number of hydrogen-bond donors (Lipinski definition) is 1. The summed E-state index contributed by atoms with van der Waals surface area (Å²) in [6.07, 6.45) is 3.45. The molecular formula is C9H16ClNOS. The first kappa shape index (κ1) is 11.2. The molecule has 13 heavy (non-hydrogen) atoms. The SMILES string of the molecule is CCSC1CCC(NC(=O)CCl)C1. The molecule has 2 atom stereocenters. The molecule has 2 nitrogen and oxygen atoms in total. The van der Waals surface area contributed by atoms with Gasteiger partial charge in [0, 0.05) is 11.3 Å². The number of nitrogens with one attached hydrogen (secondary N) is 1. The second-order valence-electron chi connectivity index (χ2n) is 3.29. The fraction of sp³-hybridized carbons (Fsp3) is 0.889. The van der Waals surface area contributed by atoms with Crippen LogP contribution in [0.2, 0.25) is 0 Å². The molecule has 0 radical (unpaired) electrons. The third-order valence-electron chi connectivity index (χ3n) is 2.27. The molecule has 0 aliphatic heterocycles. The highest BCUT2D eigenvalue weighted by atomic mass is 35.5. The van der Waals surface area contributed by atoms with Crippen LogP contribution in [0.5, 0.6) is 0 Å². The van der Waals surface area contributed by atoms with Crippen LogP contribution in [0, 0.1) is 0 Å². The lowest BCUT2D eigenvalue weighted by Crippen LogP contribution is -2.33. The van der Waals surface area contributed by atoms with E-state index in [9.17, 15) is 4.79 Å². The van der Waals surface area contributed by atoms with Gasteiger partial charge in [-0.3, -0.25) is 4.79 Å². The smallest absolute Gasteiger partial charge is 0.235 e. The Hall–Kier alpha value is 0.110. The number of thioether (sulfide) groups is 1. The van der Waals surface area contributed by atoms with E-state index in [0.717, 1.165) is 18.1 Å². The molecule has 1 N–H and O–H groups in total. The first-order valence-electron chi connectivity index (χ1n) is 4.73. The topological polar surface area (TPSA) is 29.1 Å². The van der Waals surface area contributed by atoms with Crippen LogP contribution in [0.25, 0.3) is 0 Å². The Kier molecular flexibility index (Phi) is 4.96. The zero-order chi connectivity index (χ0) is 9.68. The lowest BCUT2D eigenvalue weighted by atomic mass is 10.2. The summed E-state index contributed by atoms with van der Waals surface area (Å²) in [7, 11) is 0. The Morgan fingerprint density at radius 3 is 3.00 bits per heavy atom. The molecule has 76 valence electrons. The quantitative estimate of drug-likeness (QED) is 0.736. The third-order valence-corrected chi connectivity index (χ3v) is 3.75. The number of hydrogen-bond acceptors (Lipinski definition) is 2. The molecule has 4 heteroatoms. The van der Waals surface area contributed by atoms with Gasteiger partial charge in [-0.25, -0.2) is 0 Å². The van der Waals surface area contributed by atoms with E-state index in [1.54, 1.807) is 0 Å². The molecule has 0 spiro atoms. The Morgan fingerprint density at radius 1 is 1.62 bits per heavy atom. The van der Waals surface area contributed by atoms with E-state index in [1.165, 1.54) is 12.2 Å². The maximum Gasteiger partial charge on any atom is 0.235 e. The molecule has 0 bridgehead atoms. The van der Waals surface area contributed by atoms with Crippen molar-refractivity contribution in [2.24, 2.45) is 0 Å². The van der Waals surface area contributed by atoms with Gasteiger partial charge in [-0.1, -0.05) is 6.92 Å². The third kappa shape index (κ3) is 3.77. The van der Waals surface area contributed by atoms with Gasteiger partial charge in [0.1, 0.15) is 5.88 Å². The van der Waals surface area contributed by atoms with Crippen LogP contribution in [0.3, 0.4) is 0 Å². The van der Waals surface area contributed by atoms with Crippen molar-refractivity contribution in [2.45, 2.75) is 37.5 Å². The number of carbonyl (C=O) groups is 1. The van der Waals surface area contributed by atoms with Gasteiger partial charge >= 0.3 is 0 Å². The lowest BCUT2D eigenvalue weighted by molar-refractivity contribution is -0.119. The van der Waals surface area contributed by atoms with Crippen LogP contribution in [0.1, 0.15) is 26.2 Å². The minimum Gasteiger partial charge on any atom is -0.352 e. The second-order valence-corrected chi connectivity index (χ2v) is 5.13. The summed E-state index contributed by atoms with van der Waals surface area (Å²) in [5.41, 5.74) is 0. The first-order chi connectivity index (χ1) is 6.26. The van der Waals surface area contributed by atoms with Crippen molar-refractivity contribution in [2.75, 3.05) is 11.6 Å². The van der Waals surface area contributed by atoms with Crippen molar-refractivity contribution in [1.29, 1.82) is 0 Å². The van der Waals surface area contributed by atoms with Gasteiger partial charge in [-0.05, 0) is 25.0 Å². The summed E-state index contributed by atoms with van der Waals surface area (Å²) in [5.74, 6) is 1.22. The molecule has 0 aromatic rings. The molecule has 1 aliphatic rings. The highest BCUT2D eigenvalue weighted by Gasteiger charge is 2.25. The number of amides is 1. The summed E-state index contributed by atoms with van der Waals surface area (Å²) in [4.78, 5) is 11.0. The van der Waals surface area contributed by atoms with Crippen LogP contribution < -0.4 is 5.32 Å². The molecule has 0 heterocycles. The molecular weight excluding hydrogens is 206 g/mol. The van der Waals surface area contributed by atoms with E-state index < -0.39 is 0 Å². The van der Waals surface area contributed by atoms with Gasteiger partial charge in [-0.15, -0.1) is 11.6 Å². The molecule has 0 saturated heterocycles. The Bertz CT molecular complexity index is 177. The molecule has 1 rings (SSSR count). The Morgan fingerprint density at radius 2 is 2.38 bits per heavy atom. The first-order valence-corrected chi connectivity index (χ1v) is 6.31. The average Bonchev–Trinajstić information content (AvgIpc) is 2.53. The van der Waals surface area contributed by atoms with Crippen LogP contribution in [-0.4, -0.2) is 28.8 Å². The molecule has 0 aromatic heterocycles. The molecule has 1 saturated carbocycles. The van der Waals surface area contributed by atoms with E-state index >= 15 is 0 Å². The normalized spacial score (nSPS) is 27.5. The van der Waals surface area contributed by atoms with Gasteiger partial charge in [0.05, 0.1) is 0 Å². The van der Waals surface area contributed by atoms with Crippen LogP contribution in [0.4, 0.5) is 0 Å². The number of rotatable bonds is 4. The molecule has 0 aromatic carbocycles. The molecule has 1 amide bonds. The van der Waals surface area contributed by atoms with Gasteiger partial charge in [-0.2, -0.15) is 11.8 Å². The summed E-state index contributed by atoms with van der Waals surface area (Å²) in [6, 6.07) is 0.371. The predicted molar refractivity (Wildman–Crippen MR) is 58.4 cm³/mol. The maximum absolute atomic E-state index is 11.0. The van der Waals surface area contributed by atoms with Gasteiger partial charge in [0.15, 0.2) is 0 Å². The zero-order valence-corrected chi connectivity index (χ0v) is 9.46. The highest BCUT2D eigenvalue weighted by molar-refractivity contribution is 7.99. The van der Waals surface area contributed by atoms with Crippen molar-refractivity contribution in [1.82, 2.24) is 5.32 Å². The highest BCUT2D eigenvalue weighted by Crippen LogP contribution is 2.29. The van der Waals surface area contributed by atoms with Gasteiger partial charge in [0.2, 0.25) is 5.91 Å². The van der Waals surface area contributed by atoms with Crippen LogP contribution in [0.15, 0.2) is 0 Å². The fourth-order valence-corrected chi connectivity index (χ4v) is 2.94. The molecule has 2 unspecified atom stereocenters. The summed E-state index contributed by atoms with van der Waals surface area (Å²) >= 11 is 7.40.